The largest absolute Gasteiger partial charge is 0.493 e. The fourth-order valence-electron chi connectivity index (χ4n) is 4.48. The molecule has 3 aliphatic heterocycles. The molecule has 160 valence electrons. The number of carbonyl (C=O) groups is 3. The summed E-state index contributed by atoms with van der Waals surface area (Å²) in [5.41, 5.74) is 0.299. The van der Waals surface area contributed by atoms with Gasteiger partial charge in [-0.3, -0.25) is 14.5 Å². The predicted molar refractivity (Wildman–Crippen MR) is 117 cm³/mol. The third kappa shape index (κ3) is 3.26. The van der Waals surface area contributed by atoms with Gasteiger partial charge in [0.2, 0.25) is 5.91 Å². The van der Waals surface area contributed by atoms with Crippen molar-refractivity contribution in [2.75, 3.05) is 24.6 Å². The molecule has 4 amide bonds. The Hall–Kier alpha value is -3.00. The Labute approximate surface area is 184 Å². The first-order valence-electron chi connectivity index (χ1n) is 10.4. The van der Waals surface area contributed by atoms with Crippen LogP contribution in [0.3, 0.4) is 0 Å². The summed E-state index contributed by atoms with van der Waals surface area (Å²) in [6.07, 6.45) is 1.17. The van der Waals surface area contributed by atoms with Crippen molar-refractivity contribution in [1.82, 2.24) is 10.2 Å². The Morgan fingerprint density at radius 1 is 1.19 bits per heavy atom. The normalized spacial score (nSPS) is 24.9. The molecular formula is C23H23N3O4S. The molecule has 5 rings (SSSR count). The molecule has 0 radical (unpaired) electrons. The van der Waals surface area contributed by atoms with Crippen molar-refractivity contribution in [3.05, 3.63) is 54.1 Å². The molecule has 0 aromatic heterocycles. The SMILES string of the molecule is C[C@@H]1CCN(C(=O)CN2C(=O)N[C@]3(CCOc4ccccc43)C2=O)c2ccccc2S1. The Bertz CT molecular complexity index is 1070. The molecular weight excluding hydrogens is 414 g/mol. The van der Waals surface area contributed by atoms with Crippen molar-refractivity contribution in [2.45, 2.75) is 35.4 Å². The van der Waals surface area contributed by atoms with Gasteiger partial charge in [-0.2, -0.15) is 0 Å². The highest BCUT2D eigenvalue weighted by Gasteiger charge is 2.55. The van der Waals surface area contributed by atoms with Gasteiger partial charge >= 0.3 is 6.03 Å². The first kappa shape index (κ1) is 19.9. The van der Waals surface area contributed by atoms with E-state index >= 15 is 0 Å². The van der Waals surface area contributed by atoms with Crippen LogP contribution in [0, 0.1) is 0 Å². The fourth-order valence-corrected chi connectivity index (χ4v) is 5.59. The highest BCUT2D eigenvalue weighted by molar-refractivity contribution is 8.00. The van der Waals surface area contributed by atoms with Crippen LogP contribution in [0.4, 0.5) is 10.5 Å². The quantitative estimate of drug-likeness (QED) is 0.731. The van der Waals surface area contributed by atoms with Crippen LogP contribution in [0.1, 0.15) is 25.3 Å². The van der Waals surface area contributed by atoms with Gasteiger partial charge in [-0.25, -0.2) is 4.79 Å². The summed E-state index contributed by atoms with van der Waals surface area (Å²) in [5.74, 6) is -0.0708. The minimum Gasteiger partial charge on any atom is -0.493 e. The maximum Gasteiger partial charge on any atom is 0.325 e. The average molecular weight is 438 g/mol. The van der Waals surface area contributed by atoms with Crippen molar-refractivity contribution in [3.8, 4) is 5.75 Å². The molecule has 2 aromatic carbocycles. The highest BCUT2D eigenvalue weighted by Crippen LogP contribution is 2.41. The fraction of sp³-hybridized carbons (Fsp3) is 0.348. The van der Waals surface area contributed by atoms with Gasteiger partial charge in [0.15, 0.2) is 5.54 Å². The number of nitrogens with zero attached hydrogens (tertiary/aromatic N) is 2. The van der Waals surface area contributed by atoms with Crippen LogP contribution in [0.15, 0.2) is 53.4 Å². The number of imide groups is 1. The Morgan fingerprint density at radius 2 is 1.97 bits per heavy atom. The predicted octanol–water partition coefficient (Wildman–Crippen LogP) is 3.13. The summed E-state index contributed by atoms with van der Waals surface area (Å²) in [5, 5.41) is 3.23. The first-order chi connectivity index (χ1) is 15.0. The van der Waals surface area contributed by atoms with Gasteiger partial charge in [-0.15, -0.1) is 11.8 Å². The molecule has 1 N–H and O–H groups in total. The number of anilines is 1. The minimum absolute atomic E-state index is 0.261. The van der Waals surface area contributed by atoms with Crippen molar-refractivity contribution in [3.63, 3.8) is 0 Å². The van der Waals surface area contributed by atoms with Crippen molar-refractivity contribution < 1.29 is 19.1 Å². The molecule has 31 heavy (non-hydrogen) atoms. The van der Waals surface area contributed by atoms with Crippen molar-refractivity contribution in [2.24, 2.45) is 0 Å². The number of benzene rings is 2. The van der Waals surface area contributed by atoms with Crippen LogP contribution in [0.5, 0.6) is 5.75 Å². The van der Waals surface area contributed by atoms with E-state index in [9.17, 15) is 14.4 Å². The molecule has 0 saturated carbocycles. The Balaban J connectivity index is 1.42. The minimum atomic E-state index is -1.17. The van der Waals surface area contributed by atoms with E-state index in [0.717, 1.165) is 21.9 Å². The molecule has 0 bridgehead atoms. The summed E-state index contributed by atoms with van der Waals surface area (Å²) >= 11 is 1.74. The molecule has 1 saturated heterocycles. The summed E-state index contributed by atoms with van der Waals surface area (Å²) in [6, 6.07) is 14.5. The van der Waals surface area contributed by atoms with E-state index in [1.807, 2.05) is 36.4 Å². The zero-order valence-electron chi connectivity index (χ0n) is 17.2. The number of nitrogens with one attached hydrogen (secondary N) is 1. The lowest BCUT2D eigenvalue weighted by atomic mass is 9.84. The zero-order chi connectivity index (χ0) is 21.6. The number of amides is 4. The third-order valence-electron chi connectivity index (χ3n) is 6.10. The second kappa shape index (κ2) is 7.60. The van der Waals surface area contributed by atoms with Gasteiger partial charge < -0.3 is 15.0 Å². The molecule has 7 nitrogen and oxygen atoms in total. The number of ether oxygens (including phenoxy) is 1. The number of para-hydroxylation sites is 2. The van der Waals surface area contributed by atoms with Crippen LogP contribution in [-0.4, -0.2) is 47.7 Å². The van der Waals surface area contributed by atoms with Crippen molar-refractivity contribution >= 4 is 35.3 Å². The van der Waals surface area contributed by atoms with E-state index < -0.39 is 17.5 Å². The van der Waals surface area contributed by atoms with E-state index in [-0.39, 0.29) is 12.5 Å². The lowest BCUT2D eigenvalue weighted by Crippen LogP contribution is -2.48. The molecule has 3 aliphatic rings. The first-order valence-corrected chi connectivity index (χ1v) is 11.3. The van der Waals surface area contributed by atoms with Gasteiger partial charge in [0.25, 0.3) is 5.91 Å². The molecule has 0 aliphatic carbocycles. The summed E-state index contributed by atoms with van der Waals surface area (Å²) in [4.78, 5) is 43.4. The van der Waals surface area contributed by atoms with Gasteiger partial charge in [-0.05, 0) is 24.6 Å². The number of urea groups is 1. The number of fused-ring (bicyclic) bond motifs is 3. The molecule has 1 spiro atoms. The number of hydrogen-bond acceptors (Lipinski definition) is 5. The van der Waals surface area contributed by atoms with Gasteiger partial charge in [0, 0.05) is 28.7 Å². The Kier molecular flexibility index (Phi) is 4.89. The molecule has 1 fully saturated rings. The van der Waals surface area contributed by atoms with E-state index in [0.29, 0.717) is 36.1 Å². The molecule has 3 heterocycles. The van der Waals surface area contributed by atoms with Crippen LogP contribution in [-0.2, 0) is 15.1 Å². The second-order valence-electron chi connectivity index (χ2n) is 8.05. The van der Waals surface area contributed by atoms with Crippen LogP contribution in [0.25, 0.3) is 0 Å². The van der Waals surface area contributed by atoms with Crippen LogP contribution < -0.4 is 15.0 Å². The second-order valence-corrected chi connectivity index (χ2v) is 9.53. The summed E-state index contributed by atoms with van der Waals surface area (Å²) < 4.78 is 5.67. The molecule has 8 heteroatoms. The number of thioether (sulfide) groups is 1. The topological polar surface area (TPSA) is 79.0 Å². The maximum atomic E-state index is 13.5. The van der Waals surface area contributed by atoms with E-state index in [4.69, 9.17) is 4.74 Å². The molecule has 2 atom stereocenters. The molecule has 2 aromatic rings. The average Bonchev–Trinajstić information content (AvgIpc) is 2.90. The van der Waals surface area contributed by atoms with Crippen LogP contribution >= 0.6 is 11.8 Å². The smallest absolute Gasteiger partial charge is 0.325 e. The maximum absolute atomic E-state index is 13.5. The standard InChI is InChI=1S/C23H23N3O4S/c1-15-10-12-25(17-7-3-5-9-19(17)31-15)20(27)14-26-21(28)23(24-22(26)29)11-13-30-18-8-4-2-6-16(18)23/h2-9,15H,10-14H2,1H3,(H,24,29)/t15-,23+/m1/s1. The lowest BCUT2D eigenvalue weighted by Gasteiger charge is -2.33. The van der Waals surface area contributed by atoms with Gasteiger partial charge in [0.05, 0.1) is 12.3 Å². The van der Waals surface area contributed by atoms with E-state index in [2.05, 4.69) is 12.2 Å². The Morgan fingerprint density at radius 3 is 2.84 bits per heavy atom. The van der Waals surface area contributed by atoms with E-state index in [1.54, 1.807) is 28.8 Å². The number of hydrogen-bond donors (Lipinski definition) is 1. The monoisotopic (exact) mass is 437 g/mol. The number of rotatable bonds is 2. The zero-order valence-corrected chi connectivity index (χ0v) is 18.0. The van der Waals surface area contributed by atoms with Crippen molar-refractivity contribution in [1.29, 1.82) is 0 Å². The van der Waals surface area contributed by atoms with Gasteiger partial charge in [0.1, 0.15) is 12.3 Å². The summed E-state index contributed by atoms with van der Waals surface area (Å²) in [7, 11) is 0. The summed E-state index contributed by atoms with van der Waals surface area (Å²) in [6.45, 7) is 2.72. The molecule has 0 unspecified atom stereocenters. The van der Waals surface area contributed by atoms with Crippen LogP contribution in [0.2, 0.25) is 0 Å². The van der Waals surface area contributed by atoms with E-state index in [1.165, 1.54) is 0 Å². The number of carbonyl (C=O) groups excluding carboxylic acids is 3. The highest BCUT2D eigenvalue weighted by atomic mass is 32.2. The third-order valence-corrected chi connectivity index (χ3v) is 7.33. The van der Waals surface area contributed by atoms with Gasteiger partial charge in [-0.1, -0.05) is 37.3 Å². The lowest BCUT2D eigenvalue weighted by molar-refractivity contribution is -0.135.